The number of hydrogen-bond acceptors (Lipinski definition) is 3. The van der Waals surface area contributed by atoms with E-state index in [9.17, 15) is 8.42 Å². The van der Waals surface area contributed by atoms with E-state index in [1.165, 1.54) is 11.3 Å². The van der Waals surface area contributed by atoms with E-state index in [4.69, 9.17) is 11.6 Å². The fraction of sp³-hybridized carbons (Fsp3) is 0.714. The molecule has 0 saturated carbocycles. The highest BCUT2D eigenvalue weighted by molar-refractivity contribution is 7.91. The van der Waals surface area contributed by atoms with Gasteiger partial charge in [-0.15, -0.1) is 22.9 Å². The average Bonchev–Trinajstić information content (AvgIpc) is 2.81. The molecule has 1 aliphatic rings. The minimum atomic E-state index is -3.35. The van der Waals surface area contributed by atoms with Gasteiger partial charge in [0.2, 0.25) is 0 Å². The molecule has 1 aromatic heterocycles. The molecule has 1 fully saturated rings. The Morgan fingerprint density at radius 1 is 1.45 bits per heavy atom. The van der Waals surface area contributed by atoms with E-state index in [1.54, 1.807) is 10.4 Å². The van der Waals surface area contributed by atoms with Crippen molar-refractivity contribution < 1.29 is 8.42 Å². The van der Waals surface area contributed by atoms with E-state index in [0.717, 1.165) is 42.5 Å². The van der Waals surface area contributed by atoms with Gasteiger partial charge in [0.1, 0.15) is 4.21 Å². The Kier molecular flexibility index (Phi) is 5.51. The van der Waals surface area contributed by atoms with Crippen LogP contribution in [-0.2, 0) is 15.9 Å². The SMILES string of the molecule is CCCC1CCCCN1S(=O)(=O)c1cc(C)c(CCl)s1. The van der Waals surface area contributed by atoms with E-state index in [0.29, 0.717) is 16.6 Å². The first-order valence-corrected chi connectivity index (χ1v) is 9.97. The molecule has 114 valence electrons. The second kappa shape index (κ2) is 6.77. The van der Waals surface area contributed by atoms with Crippen molar-refractivity contribution in [2.45, 2.75) is 62.1 Å². The van der Waals surface area contributed by atoms with E-state index in [-0.39, 0.29) is 6.04 Å². The van der Waals surface area contributed by atoms with E-state index in [1.807, 2.05) is 6.92 Å². The maximum absolute atomic E-state index is 12.8. The number of rotatable bonds is 5. The lowest BCUT2D eigenvalue weighted by molar-refractivity contribution is 0.240. The summed E-state index contributed by atoms with van der Waals surface area (Å²) < 4.78 is 27.9. The van der Waals surface area contributed by atoms with Gasteiger partial charge < -0.3 is 0 Å². The number of halogens is 1. The third kappa shape index (κ3) is 3.21. The fourth-order valence-electron chi connectivity index (χ4n) is 2.78. The third-order valence-corrected chi connectivity index (χ3v) is 7.94. The Morgan fingerprint density at radius 2 is 2.20 bits per heavy atom. The van der Waals surface area contributed by atoms with Gasteiger partial charge in [0.15, 0.2) is 0 Å². The van der Waals surface area contributed by atoms with Crippen molar-refractivity contribution in [2.75, 3.05) is 6.54 Å². The van der Waals surface area contributed by atoms with E-state index in [2.05, 4.69) is 6.92 Å². The van der Waals surface area contributed by atoms with Crippen LogP contribution in [0.5, 0.6) is 0 Å². The summed E-state index contributed by atoms with van der Waals surface area (Å²) in [4.78, 5) is 0.953. The normalized spacial score (nSPS) is 21.2. The van der Waals surface area contributed by atoms with Crippen molar-refractivity contribution in [1.29, 1.82) is 0 Å². The molecular formula is C14H22ClNO2S2. The van der Waals surface area contributed by atoms with Crippen molar-refractivity contribution in [2.24, 2.45) is 0 Å². The Bertz CT molecular complexity index is 552. The molecule has 0 radical (unpaired) electrons. The molecule has 0 aliphatic carbocycles. The lowest BCUT2D eigenvalue weighted by atomic mass is 10.0. The van der Waals surface area contributed by atoms with Gasteiger partial charge >= 0.3 is 0 Å². The van der Waals surface area contributed by atoms with E-state index >= 15 is 0 Å². The zero-order valence-corrected chi connectivity index (χ0v) is 14.5. The zero-order valence-electron chi connectivity index (χ0n) is 12.1. The number of aryl methyl sites for hydroxylation is 1. The molecule has 0 spiro atoms. The smallest absolute Gasteiger partial charge is 0.206 e. The lowest BCUT2D eigenvalue weighted by Gasteiger charge is -2.34. The van der Waals surface area contributed by atoms with Crippen LogP contribution in [0.3, 0.4) is 0 Å². The maximum Gasteiger partial charge on any atom is 0.252 e. The Hall–Kier alpha value is -0.100. The quantitative estimate of drug-likeness (QED) is 0.758. The minimum absolute atomic E-state index is 0.167. The molecule has 1 unspecified atom stereocenters. The molecule has 1 aliphatic heterocycles. The topological polar surface area (TPSA) is 37.4 Å². The van der Waals surface area contributed by atoms with Crippen molar-refractivity contribution in [3.05, 3.63) is 16.5 Å². The summed E-state index contributed by atoms with van der Waals surface area (Å²) in [5.41, 5.74) is 0.979. The third-order valence-electron chi connectivity index (χ3n) is 3.88. The number of piperidine rings is 1. The second-order valence-electron chi connectivity index (χ2n) is 5.36. The predicted octanol–water partition coefficient (Wildman–Crippen LogP) is 4.14. The molecule has 0 bridgehead atoms. The first-order chi connectivity index (χ1) is 9.50. The summed E-state index contributed by atoms with van der Waals surface area (Å²) in [5.74, 6) is 0.379. The summed E-state index contributed by atoms with van der Waals surface area (Å²) >= 11 is 7.18. The largest absolute Gasteiger partial charge is 0.252 e. The molecule has 2 heterocycles. The highest BCUT2D eigenvalue weighted by Crippen LogP contribution is 2.33. The van der Waals surface area contributed by atoms with Crippen LogP contribution in [0.4, 0.5) is 0 Å². The number of sulfonamides is 1. The molecule has 0 N–H and O–H groups in total. The summed E-state index contributed by atoms with van der Waals surface area (Å²) in [6.07, 6.45) is 5.05. The predicted molar refractivity (Wildman–Crippen MR) is 85.1 cm³/mol. The summed E-state index contributed by atoms with van der Waals surface area (Å²) in [6.45, 7) is 4.69. The van der Waals surface area contributed by atoms with Crippen LogP contribution in [0.1, 0.15) is 49.5 Å². The Labute approximate surface area is 131 Å². The van der Waals surface area contributed by atoms with Gasteiger partial charge in [0.05, 0.1) is 5.88 Å². The Morgan fingerprint density at radius 3 is 2.80 bits per heavy atom. The monoisotopic (exact) mass is 335 g/mol. The highest BCUT2D eigenvalue weighted by atomic mass is 35.5. The van der Waals surface area contributed by atoms with Gasteiger partial charge in [0, 0.05) is 17.5 Å². The zero-order chi connectivity index (χ0) is 14.8. The van der Waals surface area contributed by atoms with Crippen LogP contribution < -0.4 is 0 Å². The first-order valence-electron chi connectivity index (χ1n) is 7.17. The van der Waals surface area contributed by atoms with Crippen LogP contribution in [0, 0.1) is 6.92 Å². The van der Waals surface area contributed by atoms with Gasteiger partial charge in [-0.3, -0.25) is 0 Å². The van der Waals surface area contributed by atoms with Crippen LogP contribution in [0.15, 0.2) is 10.3 Å². The fourth-order valence-corrected chi connectivity index (χ4v) is 6.44. The van der Waals surface area contributed by atoms with Gasteiger partial charge in [-0.25, -0.2) is 8.42 Å². The maximum atomic E-state index is 12.8. The van der Waals surface area contributed by atoms with Gasteiger partial charge in [0.25, 0.3) is 10.0 Å². The summed E-state index contributed by atoms with van der Waals surface area (Å²) in [7, 11) is -3.35. The molecule has 3 nitrogen and oxygen atoms in total. The van der Waals surface area contributed by atoms with Crippen molar-refractivity contribution in [3.8, 4) is 0 Å². The molecule has 1 atom stereocenters. The molecule has 0 amide bonds. The lowest BCUT2D eigenvalue weighted by Crippen LogP contribution is -2.43. The molecule has 2 rings (SSSR count). The van der Waals surface area contributed by atoms with Crippen LogP contribution in [-0.4, -0.2) is 25.3 Å². The number of thiophene rings is 1. The van der Waals surface area contributed by atoms with Crippen LogP contribution in [0.2, 0.25) is 0 Å². The van der Waals surface area contributed by atoms with Gasteiger partial charge in [-0.2, -0.15) is 4.31 Å². The minimum Gasteiger partial charge on any atom is -0.206 e. The molecule has 6 heteroatoms. The van der Waals surface area contributed by atoms with Crippen molar-refractivity contribution >= 4 is 33.0 Å². The van der Waals surface area contributed by atoms with Gasteiger partial charge in [-0.1, -0.05) is 19.8 Å². The highest BCUT2D eigenvalue weighted by Gasteiger charge is 2.34. The second-order valence-corrected chi connectivity index (χ2v) is 8.88. The van der Waals surface area contributed by atoms with Crippen LogP contribution in [0.25, 0.3) is 0 Å². The standard InChI is InChI=1S/C14H22ClNO2S2/c1-3-6-12-7-4-5-8-16(12)20(17,18)14-9-11(2)13(10-15)19-14/h9,12H,3-8,10H2,1-2H3. The molecular weight excluding hydrogens is 314 g/mol. The first kappa shape index (κ1) is 16.3. The summed E-state index contributed by atoms with van der Waals surface area (Å²) in [5, 5.41) is 0. The van der Waals surface area contributed by atoms with Crippen molar-refractivity contribution in [1.82, 2.24) is 4.31 Å². The average molecular weight is 336 g/mol. The summed E-state index contributed by atoms with van der Waals surface area (Å²) in [6, 6.07) is 1.94. The molecule has 20 heavy (non-hydrogen) atoms. The molecule has 1 saturated heterocycles. The Balaban J connectivity index is 2.31. The van der Waals surface area contributed by atoms with Crippen molar-refractivity contribution in [3.63, 3.8) is 0 Å². The molecule has 0 aromatic carbocycles. The number of alkyl halides is 1. The van der Waals surface area contributed by atoms with Crippen LogP contribution >= 0.6 is 22.9 Å². The van der Waals surface area contributed by atoms with E-state index < -0.39 is 10.0 Å². The molecule has 1 aromatic rings. The number of nitrogens with zero attached hydrogens (tertiary/aromatic N) is 1. The number of hydrogen-bond donors (Lipinski definition) is 0. The van der Waals surface area contributed by atoms with Gasteiger partial charge in [-0.05, 0) is 37.8 Å².